The largest absolute Gasteiger partial charge is 0.324 e. The van der Waals surface area contributed by atoms with Crippen LogP contribution < -0.4 is 0 Å². The number of hydrogen-bond donors (Lipinski definition) is 0. The molecule has 0 N–H and O–H groups in total. The van der Waals surface area contributed by atoms with Gasteiger partial charge in [0, 0.05) is 18.5 Å². The quantitative estimate of drug-likeness (QED) is 0.670. The van der Waals surface area contributed by atoms with Gasteiger partial charge < -0.3 is 0 Å². The number of carbonyl (C=O) groups excluding carboxylic acids is 2. The topological polar surface area (TPSA) is 47.1 Å². The van der Waals surface area contributed by atoms with Gasteiger partial charge in [0.05, 0.1) is 13.1 Å². The summed E-state index contributed by atoms with van der Waals surface area (Å²) in [6.07, 6.45) is -0.274. The number of fused-ring (bicyclic) bond motifs is 2. The molecule has 30 heavy (non-hydrogen) atoms. The molecule has 0 atom stereocenters. The van der Waals surface area contributed by atoms with Gasteiger partial charge in [-0.15, -0.1) is 0 Å². The van der Waals surface area contributed by atoms with Crippen LogP contribution in [0.1, 0.15) is 43.0 Å². The molecule has 2 aromatic carbocycles. The van der Waals surface area contributed by atoms with E-state index in [-0.39, 0.29) is 23.6 Å². The third kappa shape index (κ3) is 1.94. The fraction of sp³-hybridized carbons (Fsp3) is 0.417. The molecule has 2 aromatic rings. The van der Waals surface area contributed by atoms with Crippen molar-refractivity contribution < 1.29 is 9.59 Å². The molecule has 6 rings (SSSR count). The third-order valence-electron chi connectivity index (χ3n) is 8.04. The second kappa shape index (κ2) is 5.56. The van der Waals surface area contributed by atoms with Crippen LogP contribution in [0.3, 0.4) is 0 Å². The molecule has 0 radical (unpaired) electrons. The highest BCUT2D eigenvalue weighted by molar-refractivity contribution is 5.85. The minimum absolute atomic E-state index is 0.0118. The van der Waals surface area contributed by atoms with Crippen LogP contribution >= 0.6 is 0 Å². The molecule has 0 unspecified atom stereocenters. The zero-order valence-electron chi connectivity index (χ0n) is 17.6. The maximum absolute atomic E-state index is 14.0. The molecule has 6 heteroatoms. The first kappa shape index (κ1) is 17.8. The van der Waals surface area contributed by atoms with E-state index in [4.69, 9.17) is 0 Å². The second-order valence-corrected chi connectivity index (χ2v) is 9.65. The first-order chi connectivity index (χ1) is 14.3. The van der Waals surface area contributed by atoms with Gasteiger partial charge in [-0.05, 0) is 29.2 Å². The fourth-order valence-electron chi connectivity index (χ4n) is 6.12. The smallest absolute Gasteiger partial charge is 0.299 e. The van der Waals surface area contributed by atoms with Gasteiger partial charge in [-0.1, -0.05) is 62.4 Å². The van der Waals surface area contributed by atoms with Crippen LogP contribution in [-0.4, -0.2) is 43.5 Å². The number of amides is 4. The van der Waals surface area contributed by atoms with Crippen molar-refractivity contribution in [1.29, 1.82) is 0 Å². The summed E-state index contributed by atoms with van der Waals surface area (Å²) in [5.41, 5.74) is 3.43. The first-order valence-corrected chi connectivity index (χ1v) is 10.6. The summed E-state index contributed by atoms with van der Waals surface area (Å²) >= 11 is 0. The van der Waals surface area contributed by atoms with Gasteiger partial charge in [-0.3, -0.25) is 19.6 Å². The number of benzene rings is 2. The van der Waals surface area contributed by atoms with E-state index in [1.165, 1.54) is 0 Å². The van der Waals surface area contributed by atoms with Crippen LogP contribution in [0.2, 0.25) is 0 Å². The number of rotatable bonds is 0. The Balaban J connectivity index is 1.61. The van der Waals surface area contributed by atoms with Crippen LogP contribution in [-0.2, 0) is 26.2 Å². The van der Waals surface area contributed by atoms with Crippen molar-refractivity contribution in [3.8, 4) is 0 Å². The molecular weight excluding hydrogens is 376 g/mol. The van der Waals surface area contributed by atoms with E-state index >= 15 is 0 Å². The lowest BCUT2D eigenvalue weighted by molar-refractivity contribution is -0.208. The summed E-state index contributed by atoms with van der Waals surface area (Å²) in [6.45, 7) is 8.60. The molecule has 0 spiro atoms. The molecule has 154 valence electrons. The Morgan fingerprint density at radius 1 is 0.667 bits per heavy atom. The summed E-state index contributed by atoms with van der Waals surface area (Å²) in [5, 5.41) is 0. The van der Waals surface area contributed by atoms with Gasteiger partial charge in [0.15, 0.2) is 0 Å². The Kier molecular flexibility index (Phi) is 3.30. The van der Waals surface area contributed by atoms with Gasteiger partial charge in [0.1, 0.15) is 11.8 Å². The highest BCUT2D eigenvalue weighted by Crippen LogP contribution is 2.55. The van der Waals surface area contributed by atoms with E-state index in [2.05, 4.69) is 45.0 Å². The summed E-state index contributed by atoms with van der Waals surface area (Å²) in [4.78, 5) is 35.7. The number of hydrogen-bond acceptors (Lipinski definition) is 2. The molecular formula is C24H26N4O2. The first-order valence-electron chi connectivity index (χ1n) is 10.6. The van der Waals surface area contributed by atoms with Gasteiger partial charge in [-0.25, -0.2) is 9.59 Å². The zero-order chi connectivity index (χ0) is 20.8. The molecule has 0 aromatic heterocycles. The monoisotopic (exact) mass is 402 g/mol. The van der Waals surface area contributed by atoms with E-state index in [1.807, 2.05) is 43.9 Å². The molecule has 4 amide bonds. The molecule has 4 aliphatic heterocycles. The Morgan fingerprint density at radius 2 is 1.03 bits per heavy atom. The van der Waals surface area contributed by atoms with Crippen LogP contribution in [0.5, 0.6) is 0 Å². The molecule has 6 nitrogen and oxygen atoms in total. The van der Waals surface area contributed by atoms with Crippen LogP contribution in [0.4, 0.5) is 9.59 Å². The Labute approximate surface area is 176 Å². The fourth-order valence-corrected chi connectivity index (χ4v) is 6.12. The Morgan fingerprint density at radius 3 is 1.43 bits per heavy atom. The summed E-state index contributed by atoms with van der Waals surface area (Å²) in [5.74, 6) is 0. The third-order valence-corrected chi connectivity index (χ3v) is 8.04. The number of nitrogens with zero attached hydrogens (tertiary/aromatic N) is 4. The standard InChI is InChI=1S/C24H26N4O2/c1-23(2)20-25-12-16-8-4-5-9-17(16)13-26(20)22(30)28-15-19-11-7-6-10-18(19)14-27(21(25)29)24(23,28)3/h4-11,20H,12-15H2,1-3H3. The zero-order valence-corrected chi connectivity index (χ0v) is 17.6. The van der Waals surface area contributed by atoms with E-state index in [0.717, 1.165) is 22.3 Å². The summed E-state index contributed by atoms with van der Waals surface area (Å²) in [7, 11) is 0. The van der Waals surface area contributed by atoms with Gasteiger partial charge in [0.2, 0.25) is 0 Å². The van der Waals surface area contributed by atoms with Crippen molar-refractivity contribution in [3.05, 3.63) is 70.8 Å². The van der Waals surface area contributed by atoms with Crippen molar-refractivity contribution in [2.24, 2.45) is 5.41 Å². The van der Waals surface area contributed by atoms with Gasteiger partial charge >= 0.3 is 12.1 Å². The lowest BCUT2D eigenvalue weighted by Gasteiger charge is -2.68. The molecule has 4 heterocycles. The Hall–Kier alpha value is -3.02. The van der Waals surface area contributed by atoms with Crippen LogP contribution in [0.15, 0.2) is 48.5 Å². The van der Waals surface area contributed by atoms with E-state index < -0.39 is 5.66 Å². The molecule has 4 aliphatic rings. The summed E-state index contributed by atoms with van der Waals surface area (Å²) in [6, 6.07) is 16.4. The Bertz CT molecular complexity index is 1020. The van der Waals surface area contributed by atoms with Crippen molar-refractivity contribution in [1.82, 2.24) is 19.6 Å². The van der Waals surface area contributed by atoms with E-state index in [9.17, 15) is 9.59 Å². The number of carbonyl (C=O) groups is 2. The van der Waals surface area contributed by atoms with Crippen molar-refractivity contribution in [2.45, 2.75) is 58.8 Å². The minimum Gasteiger partial charge on any atom is -0.299 e. The molecule has 2 bridgehead atoms. The van der Waals surface area contributed by atoms with E-state index in [0.29, 0.717) is 26.2 Å². The number of urea groups is 2. The molecule has 0 saturated carbocycles. The maximum atomic E-state index is 14.0. The van der Waals surface area contributed by atoms with Crippen molar-refractivity contribution >= 4 is 12.1 Å². The van der Waals surface area contributed by atoms with Gasteiger partial charge in [-0.2, -0.15) is 0 Å². The predicted octanol–water partition coefficient (Wildman–Crippen LogP) is 3.96. The van der Waals surface area contributed by atoms with Gasteiger partial charge in [0.25, 0.3) is 0 Å². The summed E-state index contributed by atoms with van der Waals surface area (Å²) < 4.78 is 0. The minimum atomic E-state index is -0.700. The van der Waals surface area contributed by atoms with Crippen molar-refractivity contribution in [3.63, 3.8) is 0 Å². The second-order valence-electron chi connectivity index (χ2n) is 9.65. The lowest BCUT2D eigenvalue weighted by Crippen LogP contribution is -2.84. The average molecular weight is 402 g/mol. The predicted molar refractivity (Wildman–Crippen MR) is 112 cm³/mol. The molecule has 0 aliphatic carbocycles. The SMILES string of the molecule is CC1(C)C2N3Cc4ccccc4CN2C(=O)N2Cc4ccccc4CN(C3=O)C21C. The molecule has 2 saturated heterocycles. The van der Waals surface area contributed by atoms with E-state index in [1.54, 1.807) is 0 Å². The van der Waals surface area contributed by atoms with Crippen LogP contribution in [0.25, 0.3) is 0 Å². The average Bonchev–Trinajstić information content (AvgIpc) is 3.00. The maximum Gasteiger partial charge on any atom is 0.324 e. The lowest BCUT2D eigenvalue weighted by atomic mass is 9.70. The normalized spacial score (nSPS) is 23.6. The van der Waals surface area contributed by atoms with Crippen molar-refractivity contribution in [2.75, 3.05) is 0 Å². The molecule has 2 fully saturated rings. The highest BCUT2D eigenvalue weighted by atomic mass is 16.2. The highest BCUT2D eigenvalue weighted by Gasteiger charge is 2.69. The van der Waals surface area contributed by atoms with Crippen LogP contribution in [0, 0.1) is 5.41 Å².